The van der Waals surface area contributed by atoms with E-state index in [9.17, 15) is 14.7 Å². The third kappa shape index (κ3) is 4.63. The zero-order chi connectivity index (χ0) is 26.0. The summed E-state index contributed by atoms with van der Waals surface area (Å²) in [6, 6.07) is 19.5. The number of ketones is 1. The molecule has 0 bridgehead atoms. The largest absolute Gasteiger partial charge is 0.507 e. The van der Waals surface area contributed by atoms with Crippen molar-refractivity contribution in [3.63, 3.8) is 0 Å². The molecule has 1 fully saturated rings. The first kappa shape index (κ1) is 25.5. The van der Waals surface area contributed by atoms with Gasteiger partial charge in [0.1, 0.15) is 11.5 Å². The summed E-state index contributed by atoms with van der Waals surface area (Å²) in [6.07, 6.45) is 0. The summed E-state index contributed by atoms with van der Waals surface area (Å²) >= 11 is 3.44. The Balaban J connectivity index is 1.89. The van der Waals surface area contributed by atoms with Crippen LogP contribution in [0.15, 0.2) is 76.8 Å². The van der Waals surface area contributed by atoms with Gasteiger partial charge in [0.2, 0.25) is 0 Å². The Kier molecular flexibility index (Phi) is 7.50. The number of carbonyl (C=O) groups is 2. The maximum atomic E-state index is 13.4. The lowest BCUT2D eigenvalue weighted by molar-refractivity contribution is -0.132. The highest BCUT2D eigenvalue weighted by Crippen LogP contribution is 2.43. The number of carbonyl (C=O) groups excluding carboxylic acids is 2. The maximum Gasteiger partial charge on any atom is 0.300 e. The van der Waals surface area contributed by atoms with Crippen LogP contribution in [0.25, 0.3) is 5.76 Å². The van der Waals surface area contributed by atoms with E-state index in [2.05, 4.69) is 34.7 Å². The molecule has 0 saturated carbocycles. The van der Waals surface area contributed by atoms with Gasteiger partial charge in [0.25, 0.3) is 11.7 Å². The molecular weight excluding hydrogens is 520 g/mol. The van der Waals surface area contributed by atoms with Crippen molar-refractivity contribution in [3.8, 4) is 5.75 Å². The van der Waals surface area contributed by atoms with Gasteiger partial charge in [-0.25, -0.2) is 0 Å². The van der Waals surface area contributed by atoms with Gasteiger partial charge in [0, 0.05) is 30.0 Å². The minimum absolute atomic E-state index is 0.0493. The number of methoxy groups -OCH3 is 1. The third-order valence-electron chi connectivity index (χ3n) is 6.52. The second-order valence-corrected chi connectivity index (χ2v) is 9.47. The molecule has 6 nitrogen and oxygen atoms in total. The van der Waals surface area contributed by atoms with Gasteiger partial charge in [-0.3, -0.25) is 14.5 Å². The van der Waals surface area contributed by atoms with Crippen LogP contribution in [0.1, 0.15) is 36.6 Å². The van der Waals surface area contributed by atoms with Gasteiger partial charge >= 0.3 is 0 Å². The highest BCUT2D eigenvalue weighted by atomic mass is 79.9. The average Bonchev–Trinajstić information content (AvgIpc) is 3.15. The van der Waals surface area contributed by atoms with Crippen LogP contribution in [0.4, 0.5) is 11.4 Å². The summed E-state index contributed by atoms with van der Waals surface area (Å²) in [5.74, 6) is -1.04. The second kappa shape index (κ2) is 10.6. The average molecular weight is 549 g/mol. The lowest BCUT2D eigenvalue weighted by Gasteiger charge is -2.27. The van der Waals surface area contributed by atoms with Crippen LogP contribution in [-0.2, 0) is 9.59 Å². The van der Waals surface area contributed by atoms with Crippen LogP contribution in [0.2, 0.25) is 0 Å². The summed E-state index contributed by atoms with van der Waals surface area (Å²) in [5, 5.41) is 11.4. The van der Waals surface area contributed by atoms with Crippen LogP contribution < -0.4 is 14.5 Å². The number of anilines is 2. The molecule has 36 heavy (non-hydrogen) atoms. The van der Waals surface area contributed by atoms with Crippen molar-refractivity contribution >= 4 is 44.8 Å². The van der Waals surface area contributed by atoms with Crippen molar-refractivity contribution in [2.75, 3.05) is 30.0 Å². The smallest absolute Gasteiger partial charge is 0.300 e. The normalized spacial score (nSPS) is 16.9. The number of hydrogen-bond acceptors (Lipinski definition) is 5. The number of ether oxygens (including phenoxy) is 1. The highest BCUT2D eigenvalue weighted by Gasteiger charge is 2.47. The molecule has 186 valence electrons. The van der Waals surface area contributed by atoms with Crippen molar-refractivity contribution in [3.05, 3.63) is 93.5 Å². The standard InChI is InChI=1S/C29H29BrN2O4/c1-5-31(6-2)21-14-9-19(10-15-21)26-25(27(33)20-11-16-24(36-4)23(30)17-20)28(34)29(35)32(26)22-12-7-18(3)8-13-22/h7-17,26,33H,5-6H2,1-4H3/b27-25-. The number of aliphatic hydroxyl groups excluding tert-OH is 1. The Hall–Kier alpha value is -3.58. The molecule has 0 radical (unpaired) electrons. The zero-order valence-electron chi connectivity index (χ0n) is 20.8. The molecule has 1 unspecified atom stereocenters. The van der Waals surface area contributed by atoms with Crippen LogP contribution in [0, 0.1) is 6.92 Å². The monoisotopic (exact) mass is 548 g/mol. The molecule has 0 spiro atoms. The van der Waals surface area contributed by atoms with Crippen molar-refractivity contribution in [2.24, 2.45) is 0 Å². The number of Topliss-reactive ketones (excluding diaryl/α,β-unsaturated/α-hetero) is 1. The molecule has 0 aromatic heterocycles. The van der Waals surface area contributed by atoms with Gasteiger partial charge in [-0.1, -0.05) is 29.8 Å². The SMILES string of the molecule is CCN(CC)c1ccc(C2/C(=C(/O)c3ccc(OC)c(Br)c3)C(=O)C(=O)N2c2ccc(C)cc2)cc1. The molecule has 1 amide bonds. The number of aliphatic hydroxyl groups is 1. The van der Waals surface area contributed by atoms with Crippen molar-refractivity contribution < 1.29 is 19.4 Å². The maximum absolute atomic E-state index is 13.4. The highest BCUT2D eigenvalue weighted by molar-refractivity contribution is 9.10. The molecular formula is C29H29BrN2O4. The number of hydrogen-bond donors (Lipinski definition) is 1. The van der Waals surface area contributed by atoms with Gasteiger partial charge in [-0.2, -0.15) is 0 Å². The molecule has 3 aromatic rings. The minimum atomic E-state index is -0.778. The van der Waals surface area contributed by atoms with E-state index in [0.717, 1.165) is 29.9 Å². The Morgan fingerprint density at radius 2 is 1.64 bits per heavy atom. The molecule has 0 aliphatic carbocycles. The molecule has 1 heterocycles. The third-order valence-corrected chi connectivity index (χ3v) is 7.14. The molecule has 4 rings (SSSR count). The van der Waals surface area contributed by atoms with Crippen LogP contribution in [0.3, 0.4) is 0 Å². The van der Waals surface area contributed by atoms with Crippen molar-refractivity contribution in [1.29, 1.82) is 0 Å². The molecule has 7 heteroatoms. The molecule has 1 aliphatic heterocycles. The van der Waals surface area contributed by atoms with E-state index in [0.29, 0.717) is 21.5 Å². The van der Waals surface area contributed by atoms with Crippen molar-refractivity contribution in [1.82, 2.24) is 0 Å². The zero-order valence-corrected chi connectivity index (χ0v) is 22.4. The first-order chi connectivity index (χ1) is 17.3. The summed E-state index contributed by atoms with van der Waals surface area (Å²) in [6.45, 7) is 7.88. The lowest BCUT2D eigenvalue weighted by atomic mass is 9.94. The van der Waals surface area contributed by atoms with E-state index in [4.69, 9.17) is 4.74 Å². The summed E-state index contributed by atoms with van der Waals surface area (Å²) in [7, 11) is 1.55. The Labute approximate surface area is 219 Å². The Morgan fingerprint density at radius 3 is 2.19 bits per heavy atom. The van der Waals surface area contributed by atoms with Crippen molar-refractivity contribution in [2.45, 2.75) is 26.8 Å². The number of aryl methyl sites for hydroxylation is 1. The predicted molar refractivity (Wildman–Crippen MR) is 147 cm³/mol. The molecule has 1 N–H and O–H groups in total. The minimum Gasteiger partial charge on any atom is -0.507 e. The van der Waals surface area contributed by atoms with Gasteiger partial charge < -0.3 is 14.7 Å². The second-order valence-electron chi connectivity index (χ2n) is 8.62. The van der Waals surface area contributed by atoms with E-state index in [1.807, 2.05) is 55.5 Å². The first-order valence-corrected chi connectivity index (χ1v) is 12.7. The molecule has 1 atom stereocenters. The fourth-order valence-corrected chi connectivity index (χ4v) is 5.09. The number of rotatable bonds is 7. The van der Waals surface area contributed by atoms with E-state index >= 15 is 0 Å². The van der Waals surface area contributed by atoms with Gasteiger partial charge in [0.15, 0.2) is 0 Å². The number of halogens is 1. The first-order valence-electron chi connectivity index (χ1n) is 11.9. The van der Waals surface area contributed by atoms with Gasteiger partial charge in [-0.15, -0.1) is 0 Å². The fourth-order valence-electron chi connectivity index (χ4n) is 4.54. The topological polar surface area (TPSA) is 70.1 Å². The number of nitrogens with zero attached hydrogens (tertiary/aromatic N) is 2. The van der Waals surface area contributed by atoms with Gasteiger partial charge in [-0.05, 0) is 84.7 Å². The van der Waals surface area contributed by atoms with Crippen LogP contribution in [0.5, 0.6) is 5.75 Å². The summed E-state index contributed by atoms with van der Waals surface area (Å²) in [4.78, 5) is 30.4. The van der Waals surface area contributed by atoms with E-state index in [-0.39, 0.29) is 11.3 Å². The predicted octanol–water partition coefficient (Wildman–Crippen LogP) is 6.24. The van der Waals surface area contributed by atoms with Crippen LogP contribution >= 0.6 is 15.9 Å². The quantitative estimate of drug-likeness (QED) is 0.215. The summed E-state index contributed by atoms with van der Waals surface area (Å²) < 4.78 is 5.92. The van der Waals surface area contributed by atoms with E-state index in [1.54, 1.807) is 25.3 Å². The van der Waals surface area contributed by atoms with Crippen LogP contribution in [-0.4, -0.2) is 37.0 Å². The molecule has 1 saturated heterocycles. The molecule has 1 aliphatic rings. The van der Waals surface area contributed by atoms with E-state index < -0.39 is 17.7 Å². The fraction of sp³-hybridized carbons (Fsp3) is 0.241. The van der Waals surface area contributed by atoms with E-state index in [1.165, 1.54) is 4.90 Å². The molecule has 3 aromatic carbocycles. The number of benzene rings is 3. The summed E-state index contributed by atoms with van der Waals surface area (Å²) in [5.41, 5.74) is 3.88. The Morgan fingerprint density at radius 1 is 1.00 bits per heavy atom. The lowest BCUT2D eigenvalue weighted by Crippen LogP contribution is -2.29. The Bertz CT molecular complexity index is 1310. The number of amides is 1. The van der Waals surface area contributed by atoms with Gasteiger partial charge in [0.05, 0.1) is 23.2 Å².